The molecule has 2 aliphatic heterocycles. The van der Waals surface area contributed by atoms with Gasteiger partial charge in [0.2, 0.25) is 10.0 Å². The van der Waals surface area contributed by atoms with Gasteiger partial charge >= 0.3 is 0 Å². The molecule has 0 N–H and O–H groups in total. The third-order valence-corrected chi connectivity index (χ3v) is 9.79. The van der Waals surface area contributed by atoms with Gasteiger partial charge in [0.25, 0.3) is 5.91 Å². The van der Waals surface area contributed by atoms with Gasteiger partial charge in [-0.2, -0.15) is 4.31 Å². The van der Waals surface area contributed by atoms with Crippen LogP contribution < -0.4 is 4.90 Å². The number of carbonyl (C=O) groups excluding carboxylic acids is 1. The molecule has 0 bridgehead atoms. The van der Waals surface area contributed by atoms with E-state index in [2.05, 4.69) is 22.9 Å². The summed E-state index contributed by atoms with van der Waals surface area (Å²) in [6, 6.07) is 12.6. The number of sulfonamides is 1. The number of aryl methyl sites for hydroxylation is 1. The second-order valence-corrected chi connectivity index (χ2v) is 12.2. The first kappa shape index (κ1) is 25.9. The van der Waals surface area contributed by atoms with E-state index in [0.717, 1.165) is 42.4 Å². The summed E-state index contributed by atoms with van der Waals surface area (Å²) in [5.74, 6) is -0.201. The average molecular weight is 542 g/mol. The van der Waals surface area contributed by atoms with Crippen molar-refractivity contribution in [3.05, 3.63) is 64.9 Å². The van der Waals surface area contributed by atoms with E-state index < -0.39 is 10.0 Å². The zero-order valence-corrected chi connectivity index (χ0v) is 23.0. The molecular weight excluding hydrogens is 510 g/mol. The zero-order chi connectivity index (χ0) is 26.3. The lowest BCUT2D eigenvalue weighted by Gasteiger charge is -2.45. The fourth-order valence-electron chi connectivity index (χ4n) is 5.33. The van der Waals surface area contributed by atoms with Crippen molar-refractivity contribution in [3.8, 4) is 0 Å². The first-order chi connectivity index (χ1) is 17.6. The summed E-state index contributed by atoms with van der Waals surface area (Å²) in [6.07, 6.45) is 3.70. The number of piperidine rings is 1. The molecule has 2 aliphatic rings. The number of hydrogen-bond donors (Lipinski definition) is 0. The van der Waals surface area contributed by atoms with Crippen molar-refractivity contribution in [1.29, 1.82) is 0 Å². The predicted octanol–water partition coefficient (Wildman–Crippen LogP) is 3.85. The highest BCUT2D eigenvalue weighted by Crippen LogP contribution is 2.28. The number of pyridine rings is 1. The maximum absolute atomic E-state index is 13.3. The summed E-state index contributed by atoms with van der Waals surface area (Å²) >= 11 is 6.05. The highest BCUT2D eigenvalue weighted by atomic mass is 35.5. The van der Waals surface area contributed by atoms with Gasteiger partial charge in [-0.25, -0.2) is 13.4 Å². The van der Waals surface area contributed by atoms with Gasteiger partial charge in [0.1, 0.15) is 0 Å². The molecule has 2 aromatic carbocycles. The Hall–Kier alpha value is -2.72. The van der Waals surface area contributed by atoms with Gasteiger partial charge in [-0.1, -0.05) is 23.7 Å². The van der Waals surface area contributed by atoms with Gasteiger partial charge in [0.15, 0.2) is 0 Å². The Bertz CT molecular complexity index is 1440. The molecule has 0 aliphatic carbocycles. The second-order valence-electron chi connectivity index (χ2n) is 9.84. The number of rotatable bonds is 5. The minimum Gasteiger partial charge on any atom is -0.371 e. The lowest BCUT2D eigenvalue weighted by atomic mass is 10.0. The number of hydrogen-bond acceptors (Lipinski definition) is 6. The van der Waals surface area contributed by atoms with Crippen molar-refractivity contribution < 1.29 is 13.2 Å². The molecule has 0 unspecified atom stereocenters. The molecule has 1 aromatic heterocycles. The number of fused-ring (bicyclic) bond motifs is 1. The normalized spacial score (nSPS) is 18.2. The van der Waals surface area contributed by atoms with E-state index >= 15 is 0 Å². The Morgan fingerprint density at radius 3 is 2.41 bits per heavy atom. The number of halogens is 1. The molecule has 1 amide bonds. The average Bonchev–Trinajstić information content (AvgIpc) is 2.89. The van der Waals surface area contributed by atoms with Crippen LogP contribution in [0.1, 0.15) is 24.1 Å². The minimum atomic E-state index is -3.79. The molecule has 0 saturated carbocycles. The first-order valence-corrected chi connectivity index (χ1v) is 14.4. The Kier molecular flexibility index (Phi) is 7.15. The van der Waals surface area contributed by atoms with Gasteiger partial charge in [-0.05, 0) is 73.4 Å². The number of anilines is 1. The standard InChI is InChI=1S/C27H32ClN5O3S/c1-19-20(2)29-11-8-26(19)31-12-9-24(10-13-31)30(3)33-15-14-32(18-27(33)34)37(35,36)25-7-5-21-16-23(28)6-4-22(21)17-25/h4-8,11,16-17,24H,9-10,12-15,18H2,1-3H3. The summed E-state index contributed by atoms with van der Waals surface area (Å²) in [4.78, 5) is 20.1. The number of benzene rings is 2. The molecule has 0 radical (unpaired) electrons. The van der Waals surface area contributed by atoms with Gasteiger partial charge in [-0.15, -0.1) is 0 Å². The third-order valence-electron chi connectivity index (χ3n) is 7.71. The van der Waals surface area contributed by atoms with Crippen LogP contribution in [0.3, 0.4) is 0 Å². The number of amides is 1. The quantitative estimate of drug-likeness (QED) is 0.488. The molecule has 196 valence electrons. The number of nitrogens with zero attached hydrogens (tertiary/aromatic N) is 5. The zero-order valence-electron chi connectivity index (χ0n) is 21.4. The third kappa shape index (κ3) is 5.05. The second kappa shape index (κ2) is 10.2. The van der Waals surface area contributed by atoms with Gasteiger partial charge in [-0.3, -0.25) is 14.8 Å². The summed E-state index contributed by atoms with van der Waals surface area (Å²) in [6.45, 7) is 6.35. The van der Waals surface area contributed by atoms with E-state index in [1.165, 1.54) is 15.6 Å². The Morgan fingerprint density at radius 1 is 0.973 bits per heavy atom. The molecule has 5 rings (SSSR count). The fourth-order valence-corrected chi connectivity index (χ4v) is 6.93. The van der Waals surface area contributed by atoms with Crippen molar-refractivity contribution in [2.45, 2.75) is 37.6 Å². The smallest absolute Gasteiger partial charge is 0.252 e. The predicted molar refractivity (Wildman–Crippen MR) is 146 cm³/mol. The summed E-state index contributed by atoms with van der Waals surface area (Å²) in [5, 5.41) is 6.00. The molecule has 10 heteroatoms. The van der Waals surface area contributed by atoms with E-state index in [1.807, 2.05) is 25.2 Å². The van der Waals surface area contributed by atoms with Crippen molar-refractivity contribution in [1.82, 2.24) is 19.3 Å². The molecule has 0 atom stereocenters. The lowest BCUT2D eigenvalue weighted by molar-refractivity contribution is -0.156. The molecule has 2 fully saturated rings. The van der Waals surface area contributed by atoms with Crippen LogP contribution in [0.15, 0.2) is 53.6 Å². The van der Waals surface area contributed by atoms with Gasteiger partial charge in [0, 0.05) is 55.3 Å². The molecular formula is C27H32ClN5O3S. The van der Waals surface area contributed by atoms with E-state index in [-0.39, 0.29) is 29.9 Å². The van der Waals surface area contributed by atoms with E-state index in [4.69, 9.17) is 11.6 Å². The molecule has 2 saturated heterocycles. The molecule has 3 aromatic rings. The minimum absolute atomic E-state index is 0.167. The summed E-state index contributed by atoms with van der Waals surface area (Å²) < 4.78 is 28.0. The van der Waals surface area contributed by atoms with Gasteiger partial charge in [0.05, 0.1) is 18.0 Å². The van der Waals surface area contributed by atoms with Crippen LogP contribution in [0.25, 0.3) is 10.8 Å². The highest BCUT2D eigenvalue weighted by Gasteiger charge is 2.36. The van der Waals surface area contributed by atoms with Crippen molar-refractivity contribution in [2.24, 2.45) is 0 Å². The van der Waals surface area contributed by atoms with Crippen LogP contribution in [-0.2, 0) is 14.8 Å². The highest BCUT2D eigenvalue weighted by molar-refractivity contribution is 7.89. The Labute approximate surface area is 223 Å². The Morgan fingerprint density at radius 2 is 1.68 bits per heavy atom. The summed E-state index contributed by atoms with van der Waals surface area (Å²) in [7, 11) is -1.85. The summed E-state index contributed by atoms with van der Waals surface area (Å²) in [5.41, 5.74) is 3.47. The van der Waals surface area contributed by atoms with Crippen molar-refractivity contribution in [3.63, 3.8) is 0 Å². The number of piperazine rings is 1. The fraction of sp³-hybridized carbons (Fsp3) is 0.407. The molecule has 8 nitrogen and oxygen atoms in total. The number of aromatic nitrogens is 1. The van der Waals surface area contributed by atoms with Crippen molar-refractivity contribution in [2.75, 3.05) is 44.7 Å². The van der Waals surface area contributed by atoms with Crippen LogP contribution >= 0.6 is 11.6 Å². The van der Waals surface area contributed by atoms with Crippen LogP contribution in [0.2, 0.25) is 5.02 Å². The number of carbonyl (C=O) groups is 1. The molecule has 37 heavy (non-hydrogen) atoms. The van der Waals surface area contributed by atoms with Crippen LogP contribution in [0.4, 0.5) is 5.69 Å². The topological polar surface area (TPSA) is 77.1 Å². The van der Waals surface area contributed by atoms with E-state index in [1.54, 1.807) is 41.4 Å². The maximum atomic E-state index is 13.3. The van der Waals surface area contributed by atoms with E-state index in [9.17, 15) is 13.2 Å². The Balaban J connectivity index is 1.22. The monoisotopic (exact) mass is 541 g/mol. The SMILES string of the molecule is Cc1nccc(N2CCC(N(C)N3CCN(S(=O)(=O)c4ccc5cc(Cl)ccc5c4)CC3=O)CC2)c1C. The van der Waals surface area contributed by atoms with Gasteiger partial charge < -0.3 is 4.90 Å². The largest absolute Gasteiger partial charge is 0.371 e. The maximum Gasteiger partial charge on any atom is 0.252 e. The van der Waals surface area contributed by atoms with E-state index in [0.29, 0.717) is 11.6 Å². The van der Waals surface area contributed by atoms with Crippen molar-refractivity contribution >= 4 is 44.0 Å². The first-order valence-electron chi connectivity index (χ1n) is 12.5. The number of hydrazine groups is 1. The molecule has 0 spiro atoms. The van der Waals surface area contributed by atoms with Crippen LogP contribution in [-0.4, -0.2) is 79.4 Å². The van der Waals surface area contributed by atoms with Crippen LogP contribution in [0, 0.1) is 13.8 Å². The lowest BCUT2D eigenvalue weighted by Crippen LogP contribution is -2.60. The van der Waals surface area contributed by atoms with Crippen LogP contribution in [0.5, 0.6) is 0 Å². The molecule has 3 heterocycles.